The van der Waals surface area contributed by atoms with Gasteiger partial charge in [-0.1, -0.05) is 312 Å². The lowest BCUT2D eigenvalue weighted by Gasteiger charge is -2.21. The molecule has 3 N–H and O–H groups in total. The number of unbranched alkanes of at least 4 members (excludes halogenated alkanes) is 35. The number of phosphoric acid groups is 2. The Bertz CT molecular complexity index is 1820. The highest BCUT2D eigenvalue weighted by Crippen LogP contribution is 2.45. The Hall–Kier alpha value is -1.94. The third-order valence-electron chi connectivity index (χ3n) is 17.2. The van der Waals surface area contributed by atoms with Crippen LogP contribution in [0, 0.1) is 23.7 Å². The molecule has 17 nitrogen and oxygen atoms in total. The minimum absolute atomic E-state index is 0.104. The fourth-order valence-electron chi connectivity index (χ4n) is 11.0. The molecule has 3 unspecified atom stereocenters. The van der Waals surface area contributed by atoms with Crippen molar-refractivity contribution in [2.75, 3.05) is 39.6 Å². The van der Waals surface area contributed by atoms with Gasteiger partial charge in [0, 0.05) is 25.7 Å². The summed E-state index contributed by atoms with van der Waals surface area (Å²) in [5, 5.41) is 10.6. The minimum Gasteiger partial charge on any atom is -0.462 e. The summed E-state index contributed by atoms with van der Waals surface area (Å²) in [7, 11) is -9.91. The number of carbonyl (C=O) groups excluding carboxylic acids is 4. The predicted octanol–water partition coefficient (Wildman–Crippen LogP) is 20.9. The summed E-state index contributed by atoms with van der Waals surface area (Å²) in [6.07, 6.45) is 45.9. The molecule has 0 bridgehead atoms. The first-order chi connectivity index (χ1) is 44.1. The van der Waals surface area contributed by atoms with Crippen molar-refractivity contribution in [2.45, 2.75) is 382 Å². The molecule has 0 aliphatic carbocycles. The molecule has 0 radical (unpaired) electrons. The van der Waals surface area contributed by atoms with E-state index >= 15 is 0 Å². The van der Waals surface area contributed by atoms with Crippen molar-refractivity contribution < 1.29 is 80.2 Å². The lowest BCUT2D eigenvalue weighted by atomic mass is 10.00. The van der Waals surface area contributed by atoms with E-state index in [1.54, 1.807) is 0 Å². The normalized spacial score (nSPS) is 14.5. The maximum atomic E-state index is 13.0. The van der Waals surface area contributed by atoms with E-state index < -0.39 is 97.5 Å². The lowest BCUT2D eigenvalue weighted by Crippen LogP contribution is -2.30. The topological polar surface area (TPSA) is 237 Å². The molecule has 0 saturated carbocycles. The van der Waals surface area contributed by atoms with Gasteiger partial charge >= 0.3 is 39.5 Å². The Balaban J connectivity index is 5.22. The monoisotopic (exact) mass is 1350 g/mol. The van der Waals surface area contributed by atoms with Crippen molar-refractivity contribution in [3.05, 3.63) is 0 Å². The van der Waals surface area contributed by atoms with Gasteiger partial charge in [-0.3, -0.25) is 37.3 Å². The molecule has 0 amide bonds. The molecule has 92 heavy (non-hydrogen) atoms. The SMILES string of the molecule is CCC(C)CCCCCCCCC(=O)OC[C@H](COP(=O)(O)OC[C@H](O)COP(=O)(O)OC[C@@H](COC(=O)CCCCCCCCCCC(C)C)OC(=O)CCCCCCCCCCCCCCCCCCC(C)C)OC(=O)CCCCCCCCCCCC(C)C. The largest absolute Gasteiger partial charge is 0.472 e. The van der Waals surface area contributed by atoms with Crippen molar-refractivity contribution in [3.63, 3.8) is 0 Å². The quantitative estimate of drug-likeness (QED) is 0.0222. The zero-order chi connectivity index (χ0) is 68.2. The summed E-state index contributed by atoms with van der Waals surface area (Å²) in [5.74, 6) is 0.875. The third kappa shape index (κ3) is 65.4. The maximum absolute atomic E-state index is 13.0. The summed E-state index contributed by atoms with van der Waals surface area (Å²) in [4.78, 5) is 72.6. The highest BCUT2D eigenvalue weighted by atomic mass is 31.2. The number of hydrogen-bond donors (Lipinski definition) is 3. The van der Waals surface area contributed by atoms with E-state index in [9.17, 15) is 43.2 Å². The Morgan fingerprint density at radius 2 is 0.522 bits per heavy atom. The van der Waals surface area contributed by atoms with Gasteiger partial charge < -0.3 is 33.8 Å². The van der Waals surface area contributed by atoms with Crippen LogP contribution in [0.15, 0.2) is 0 Å². The van der Waals surface area contributed by atoms with Crippen LogP contribution >= 0.6 is 15.6 Å². The second-order valence-corrected chi connectivity index (χ2v) is 30.9. The lowest BCUT2D eigenvalue weighted by molar-refractivity contribution is -0.161. The number of aliphatic hydroxyl groups excluding tert-OH is 1. The zero-order valence-electron chi connectivity index (χ0n) is 60.2. The molecule has 0 rings (SSSR count). The smallest absolute Gasteiger partial charge is 0.462 e. The molecule has 0 aliphatic rings. The van der Waals surface area contributed by atoms with E-state index in [1.165, 1.54) is 161 Å². The Labute approximate surface area is 562 Å². The van der Waals surface area contributed by atoms with Gasteiger partial charge in [0.15, 0.2) is 12.2 Å². The van der Waals surface area contributed by atoms with E-state index in [0.29, 0.717) is 25.7 Å². The summed E-state index contributed by atoms with van der Waals surface area (Å²) < 4.78 is 68.4. The third-order valence-corrected chi connectivity index (χ3v) is 19.1. The highest BCUT2D eigenvalue weighted by Gasteiger charge is 2.30. The van der Waals surface area contributed by atoms with Crippen molar-refractivity contribution in [1.82, 2.24) is 0 Å². The molecule has 546 valence electrons. The molecule has 0 aliphatic heterocycles. The molecule has 0 spiro atoms. The average Bonchev–Trinajstić information content (AvgIpc) is 2.65. The van der Waals surface area contributed by atoms with Crippen molar-refractivity contribution >= 4 is 39.5 Å². The van der Waals surface area contributed by atoms with Crippen LogP contribution in [-0.4, -0.2) is 96.7 Å². The van der Waals surface area contributed by atoms with Crippen molar-refractivity contribution in [3.8, 4) is 0 Å². The Morgan fingerprint density at radius 1 is 0.304 bits per heavy atom. The molecule has 6 atom stereocenters. The molecule has 0 heterocycles. The first-order valence-electron chi connectivity index (χ1n) is 37.7. The number of phosphoric ester groups is 2. The molecule has 0 aromatic rings. The minimum atomic E-state index is -4.95. The Kier molecular flexibility index (Phi) is 61.3. The van der Waals surface area contributed by atoms with Gasteiger partial charge in [0.05, 0.1) is 26.4 Å². The van der Waals surface area contributed by atoms with Crippen LogP contribution in [0.25, 0.3) is 0 Å². The van der Waals surface area contributed by atoms with Crippen LogP contribution in [-0.2, 0) is 65.4 Å². The average molecular weight is 1350 g/mol. The first kappa shape index (κ1) is 90.1. The van der Waals surface area contributed by atoms with Gasteiger partial charge in [-0.25, -0.2) is 9.13 Å². The number of ether oxygens (including phenoxy) is 4. The fourth-order valence-corrected chi connectivity index (χ4v) is 12.6. The summed E-state index contributed by atoms with van der Waals surface area (Å²) >= 11 is 0. The fraction of sp³-hybridized carbons (Fsp3) is 0.945. The molecule has 0 saturated heterocycles. The molecule has 0 fully saturated rings. The van der Waals surface area contributed by atoms with Crippen molar-refractivity contribution in [2.24, 2.45) is 23.7 Å². The van der Waals surface area contributed by atoms with E-state index in [0.717, 1.165) is 120 Å². The highest BCUT2D eigenvalue weighted by molar-refractivity contribution is 7.47. The van der Waals surface area contributed by atoms with E-state index in [-0.39, 0.29) is 25.7 Å². The van der Waals surface area contributed by atoms with Gasteiger partial charge in [0.1, 0.15) is 19.3 Å². The van der Waals surface area contributed by atoms with Crippen LogP contribution in [0.5, 0.6) is 0 Å². The Morgan fingerprint density at radius 3 is 0.772 bits per heavy atom. The molecule has 0 aromatic heterocycles. The van der Waals surface area contributed by atoms with Gasteiger partial charge in [-0.15, -0.1) is 0 Å². The predicted molar refractivity (Wildman–Crippen MR) is 372 cm³/mol. The molecular weight excluding hydrogens is 1210 g/mol. The zero-order valence-corrected chi connectivity index (χ0v) is 62.0. The van der Waals surface area contributed by atoms with Crippen LogP contribution in [0.3, 0.4) is 0 Å². The summed E-state index contributed by atoms with van der Waals surface area (Å²) in [5.41, 5.74) is 0. The van der Waals surface area contributed by atoms with Gasteiger partial charge in [0.2, 0.25) is 0 Å². The van der Waals surface area contributed by atoms with Gasteiger partial charge in [0.25, 0.3) is 0 Å². The maximum Gasteiger partial charge on any atom is 0.472 e. The number of rotatable bonds is 70. The van der Waals surface area contributed by atoms with Crippen LogP contribution in [0.4, 0.5) is 0 Å². The van der Waals surface area contributed by atoms with E-state index in [4.69, 9.17) is 37.0 Å². The van der Waals surface area contributed by atoms with E-state index in [2.05, 4.69) is 55.4 Å². The van der Waals surface area contributed by atoms with Gasteiger partial charge in [-0.05, 0) is 49.4 Å². The van der Waals surface area contributed by atoms with Crippen LogP contribution < -0.4 is 0 Å². The number of carbonyl (C=O) groups is 4. The molecule has 0 aromatic carbocycles. The number of hydrogen-bond acceptors (Lipinski definition) is 15. The van der Waals surface area contributed by atoms with Crippen molar-refractivity contribution in [1.29, 1.82) is 0 Å². The van der Waals surface area contributed by atoms with Crippen LogP contribution in [0.1, 0.15) is 364 Å². The second-order valence-electron chi connectivity index (χ2n) is 28.0. The van der Waals surface area contributed by atoms with Crippen LogP contribution in [0.2, 0.25) is 0 Å². The summed E-state index contributed by atoms with van der Waals surface area (Å²) in [6, 6.07) is 0. The standard InChI is InChI=1S/C73H142O17P2/c1-9-66(8)52-44-36-31-32-38-46-54-71(76)84-60-69(90-73(78)56-48-40-30-22-18-20-26-34-42-50-64(4)5)62-88-92(81,82)86-58-67(74)57-85-91(79,80)87-61-68(59-83-70(75)53-45-37-28-24-23-27-35-43-51-65(6)7)89-72(77)55-47-39-29-21-17-15-13-11-10-12-14-16-19-25-33-41-49-63(2)3/h63-69,74H,9-62H2,1-8H3,(H,79,80)(H,81,82)/t66?,67-,68-,69-/m1/s1. The molecule has 19 heteroatoms. The molecular formula is C73H142O17P2. The number of aliphatic hydroxyl groups is 1. The number of esters is 4. The first-order valence-corrected chi connectivity index (χ1v) is 40.7. The summed E-state index contributed by atoms with van der Waals surface area (Å²) in [6.45, 7) is 14.1. The second kappa shape index (κ2) is 62.6. The van der Waals surface area contributed by atoms with E-state index in [1.807, 2.05) is 0 Å². The van der Waals surface area contributed by atoms with Gasteiger partial charge in [-0.2, -0.15) is 0 Å².